The van der Waals surface area contributed by atoms with Gasteiger partial charge in [-0.3, -0.25) is 4.90 Å². The molecule has 0 aromatic carbocycles. The summed E-state index contributed by atoms with van der Waals surface area (Å²) in [5.41, 5.74) is 6.34. The lowest BCUT2D eigenvalue weighted by atomic mass is 9.93. The first-order valence-electron chi connectivity index (χ1n) is 6.02. The van der Waals surface area contributed by atoms with E-state index in [4.69, 9.17) is 5.73 Å². The van der Waals surface area contributed by atoms with Gasteiger partial charge in [-0.1, -0.05) is 20.8 Å². The van der Waals surface area contributed by atoms with Gasteiger partial charge in [-0.25, -0.2) is 0 Å². The molecular formula is C12H28N2. The largest absolute Gasteiger partial charge is 0.324 e. The van der Waals surface area contributed by atoms with E-state index in [-0.39, 0.29) is 5.54 Å². The molecular weight excluding hydrogens is 172 g/mol. The van der Waals surface area contributed by atoms with Gasteiger partial charge in [0.15, 0.2) is 0 Å². The molecule has 0 fully saturated rings. The van der Waals surface area contributed by atoms with Crippen molar-refractivity contribution in [3.63, 3.8) is 0 Å². The Balaban J connectivity index is 4.25. The Bertz CT molecular complexity index is 139. The van der Waals surface area contributed by atoms with Crippen LogP contribution in [0.15, 0.2) is 0 Å². The van der Waals surface area contributed by atoms with E-state index in [1.807, 2.05) is 0 Å². The van der Waals surface area contributed by atoms with Crippen molar-refractivity contribution in [3.8, 4) is 0 Å². The molecule has 0 aliphatic rings. The van der Waals surface area contributed by atoms with Crippen LogP contribution in [0.3, 0.4) is 0 Å². The molecule has 0 saturated heterocycles. The number of nitrogens with zero attached hydrogens (tertiary/aromatic N) is 1. The van der Waals surface area contributed by atoms with Crippen LogP contribution in [-0.2, 0) is 0 Å². The third kappa shape index (κ3) is 4.43. The molecule has 2 N–H and O–H groups in total. The summed E-state index contributed by atoms with van der Waals surface area (Å²) in [6, 6.07) is 0.607. The highest BCUT2D eigenvalue weighted by atomic mass is 15.2. The zero-order chi connectivity index (χ0) is 11.2. The molecule has 0 radical (unpaired) electrons. The summed E-state index contributed by atoms with van der Waals surface area (Å²) in [7, 11) is 0. The van der Waals surface area contributed by atoms with Gasteiger partial charge in [-0.15, -0.1) is 0 Å². The predicted molar refractivity (Wildman–Crippen MR) is 64.5 cm³/mol. The van der Waals surface area contributed by atoms with Crippen LogP contribution in [-0.4, -0.2) is 29.6 Å². The minimum Gasteiger partial charge on any atom is -0.324 e. The zero-order valence-corrected chi connectivity index (χ0v) is 10.6. The van der Waals surface area contributed by atoms with Gasteiger partial charge in [0.2, 0.25) is 0 Å². The van der Waals surface area contributed by atoms with Crippen LogP contribution < -0.4 is 5.73 Å². The van der Waals surface area contributed by atoms with Crippen LogP contribution in [0.4, 0.5) is 0 Å². The van der Waals surface area contributed by atoms with Gasteiger partial charge in [-0.05, 0) is 39.7 Å². The second-order valence-corrected chi connectivity index (χ2v) is 4.63. The van der Waals surface area contributed by atoms with Gasteiger partial charge in [0.1, 0.15) is 0 Å². The van der Waals surface area contributed by atoms with Crippen molar-refractivity contribution in [3.05, 3.63) is 0 Å². The van der Waals surface area contributed by atoms with Gasteiger partial charge < -0.3 is 5.73 Å². The van der Waals surface area contributed by atoms with Crippen molar-refractivity contribution in [2.24, 2.45) is 5.73 Å². The van der Waals surface area contributed by atoms with E-state index in [1.165, 1.54) is 6.42 Å². The van der Waals surface area contributed by atoms with E-state index in [2.05, 4.69) is 39.5 Å². The Morgan fingerprint density at radius 1 is 1.14 bits per heavy atom. The molecule has 0 saturated carbocycles. The third-order valence-corrected chi connectivity index (χ3v) is 3.17. The molecule has 0 amide bonds. The molecule has 14 heavy (non-hydrogen) atoms. The Hall–Kier alpha value is -0.0800. The Morgan fingerprint density at radius 3 is 1.93 bits per heavy atom. The molecule has 0 aliphatic carbocycles. The molecule has 2 nitrogen and oxygen atoms in total. The van der Waals surface area contributed by atoms with E-state index in [1.54, 1.807) is 0 Å². The van der Waals surface area contributed by atoms with Crippen LogP contribution in [0.1, 0.15) is 53.9 Å². The third-order valence-electron chi connectivity index (χ3n) is 3.17. The van der Waals surface area contributed by atoms with Crippen LogP contribution in [0, 0.1) is 0 Å². The Morgan fingerprint density at radius 2 is 1.64 bits per heavy atom. The molecule has 0 aliphatic heterocycles. The average molecular weight is 200 g/mol. The molecule has 0 bridgehead atoms. The minimum absolute atomic E-state index is 0.0133. The van der Waals surface area contributed by atoms with E-state index in [0.29, 0.717) is 6.04 Å². The first-order chi connectivity index (χ1) is 6.49. The average Bonchev–Trinajstić information content (AvgIpc) is 2.17. The van der Waals surface area contributed by atoms with Crippen molar-refractivity contribution in [1.29, 1.82) is 0 Å². The maximum atomic E-state index is 6.32. The summed E-state index contributed by atoms with van der Waals surface area (Å²) >= 11 is 0. The molecule has 0 aromatic rings. The quantitative estimate of drug-likeness (QED) is 0.684. The fourth-order valence-corrected chi connectivity index (χ4v) is 1.69. The van der Waals surface area contributed by atoms with E-state index >= 15 is 0 Å². The first kappa shape index (κ1) is 13.9. The van der Waals surface area contributed by atoms with Gasteiger partial charge >= 0.3 is 0 Å². The lowest BCUT2D eigenvalue weighted by molar-refractivity contribution is 0.163. The number of hydrogen-bond donors (Lipinski definition) is 1. The van der Waals surface area contributed by atoms with Crippen LogP contribution in [0.2, 0.25) is 0 Å². The van der Waals surface area contributed by atoms with E-state index < -0.39 is 0 Å². The summed E-state index contributed by atoms with van der Waals surface area (Å²) in [4.78, 5) is 2.49. The van der Waals surface area contributed by atoms with Crippen molar-refractivity contribution >= 4 is 0 Å². The number of hydrogen-bond acceptors (Lipinski definition) is 2. The molecule has 0 aromatic heterocycles. The van der Waals surface area contributed by atoms with E-state index in [9.17, 15) is 0 Å². The summed E-state index contributed by atoms with van der Waals surface area (Å²) in [6.45, 7) is 13.3. The molecule has 0 spiro atoms. The predicted octanol–water partition coefficient (Wildman–Crippen LogP) is 2.62. The van der Waals surface area contributed by atoms with Crippen LogP contribution in [0.25, 0.3) is 0 Å². The Kier molecular flexibility index (Phi) is 6.38. The molecule has 0 rings (SSSR count). The summed E-state index contributed by atoms with van der Waals surface area (Å²) in [6.07, 6.45) is 3.34. The minimum atomic E-state index is 0.0133. The first-order valence-corrected chi connectivity index (χ1v) is 6.02. The summed E-state index contributed by atoms with van der Waals surface area (Å²) in [5, 5.41) is 0. The second kappa shape index (κ2) is 6.41. The standard InChI is InChI=1S/C12H28N2/c1-6-9-14(11(4)5)10-12(13,7-2)8-3/h11H,6-10,13H2,1-5H3. The molecule has 0 unspecified atom stereocenters. The van der Waals surface area contributed by atoms with Crippen molar-refractivity contribution in [1.82, 2.24) is 4.90 Å². The monoisotopic (exact) mass is 200 g/mol. The molecule has 2 heteroatoms. The fraction of sp³-hybridized carbons (Fsp3) is 1.00. The highest BCUT2D eigenvalue weighted by Crippen LogP contribution is 2.15. The van der Waals surface area contributed by atoms with Crippen LogP contribution >= 0.6 is 0 Å². The summed E-state index contributed by atoms with van der Waals surface area (Å²) < 4.78 is 0. The van der Waals surface area contributed by atoms with Gasteiger partial charge in [0.05, 0.1) is 0 Å². The molecule has 86 valence electrons. The van der Waals surface area contributed by atoms with Gasteiger partial charge in [-0.2, -0.15) is 0 Å². The normalized spacial score (nSPS) is 12.9. The number of rotatable bonds is 7. The van der Waals surface area contributed by atoms with Crippen molar-refractivity contribution < 1.29 is 0 Å². The maximum Gasteiger partial charge on any atom is 0.0278 e. The SMILES string of the molecule is CCCN(CC(N)(CC)CC)C(C)C. The fourth-order valence-electron chi connectivity index (χ4n) is 1.69. The van der Waals surface area contributed by atoms with Gasteiger partial charge in [0.25, 0.3) is 0 Å². The lowest BCUT2D eigenvalue weighted by Gasteiger charge is -2.36. The van der Waals surface area contributed by atoms with Crippen LogP contribution in [0.5, 0.6) is 0 Å². The smallest absolute Gasteiger partial charge is 0.0278 e. The zero-order valence-electron chi connectivity index (χ0n) is 10.6. The maximum absolute atomic E-state index is 6.32. The Labute approximate surface area is 89.9 Å². The highest BCUT2D eigenvalue weighted by Gasteiger charge is 2.24. The lowest BCUT2D eigenvalue weighted by Crippen LogP contribution is -2.51. The van der Waals surface area contributed by atoms with Crippen molar-refractivity contribution in [2.45, 2.75) is 65.5 Å². The molecule has 0 heterocycles. The van der Waals surface area contributed by atoms with E-state index in [0.717, 1.165) is 25.9 Å². The number of nitrogens with two attached hydrogens (primary N) is 1. The summed E-state index contributed by atoms with van der Waals surface area (Å²) in [5.74, 6) is 0. The highest BCUT2D eigenvalue weighted by molar-refractivity contribution is 4.85. The topological polar surface area (TPSA) is 29.3 Å². The van der Waals surface area contributed by atoms with Crippen molar-refractivity contribution in [2.75, 3.05) is 13.1 Å². The second-order valence-electron chi connectivity index (χ2n) is 4.63. The molecule has 0 atom stereocenters. The van der Waals surface area contributed by atoms with Gasteiger partial charge in [0, 0.05) is 18.1 Å².